The van der Waals surface area contributed by atoms with Crippen LogP contribution in [0.3, 0.4) is 0 Å². The van der Waals surface area contributed by atoms with E-state index in [4.69, 9.17) is 15.2 Å². The van der Waals surface area contributed by atoms with E-state index in [1.807, 2.05) is 45.0 Å². The van der Waals surface area contributed by atoms with E-state index >= 15 is 0 Å². The van der Waals surface area contributed by atoms with Crippen molar-refractivity contribution in [3.05, 3.63) is 24.3 Å². The van der Waals surface area contributed by atoms with Crippen molar-refractivity contribution < 1.29 is 14.3 Å². The van der Waals surface area contributed by atoms with Crippen LogP contribution in [0.5, 0.6) is 11.5 Å². The van der Waals surface area contributed by atoms with Crippen molar-refractivity contribution in [3.8, 4) is 11.5 Å². The fraction of sp³-hybridized carbons (Fsp3) is 0.562. The van der Waals surface area contributed by atoms with Crippen LogP contribution in [0.1, 0.15) is 27.2 Å². The van der Waals surface area contributed by atoms with Crippen molar-refractivity contribution in [3.63, 3.8) is 0 Å². The van der Waals surface area contributed by atoms with Crippen LogP contribution in [0.2, 0.25) is 0 Å². The number of methoxy groups -OCH3 is 1. The van der Waals surface area contributed by atoms with Crippen LogP contribution in [0.25, 0.3) is 0 Å². The Morgan fingerprint density at radius 2 is 1.86 bits per heavy atom. The number of benzene rings is 1. The van der Waals surface area contributed by atoms with E-state index in [2.05, 4.69) is 5.32 Å². The molecule has 0 radical (unpaired) electrons. The highest BCUT2D eigenvalue weighted by atomic mass is 35.5. The standard InChI is InChI=1S/C16H26N2O3.ClH/c1-5-11(2)15(17)16(19)18-10-12(3)21-14-9-7-6-8-13(14)20-4;/h6-9,11-12,15H,5,10,17H2,1-4H3,(H,18,19);1H. The van der Waals surface area contributed by atoms with E-state index in [-0.39, 0.29) is 30.3 Å². The first kappa shape index (κ1) is 20.5. The van der Waals surface area contributed by atoms with Gasteiger partial charge in [0, 0.05) is 0 Å². The largest absolute Gasteiger partial charge is 0.493 e. The Bertz CT molecular complexity index is 457. The molecule has 1 rings (SSSR count). The molecule has 1 aromatic carbocycles. The van der Waals surface area contributed by atoms with E-state index in [0.29, 0.717) is 18.0 Å². The number of carbonyl (C=O) groups excluding carboxylic acids is 1. The molecule has 1 aromatic rings. The number of nitrogens with two attached hydrogens (primary N) is 1. The van der Waals surface area contributed by atoms with Gasteiger partial charge in [-0.3, -0.25) is 4.79 Å². The Hall–Kier alpha value is -1.46. The minimum absolute atomic E-state index is 0. The number of hydrogen-bond acceptors (Lipinski definition) is 4. The Kier molecular flexibility index (Phi) is 9.61. The summed E-state index contributed by atoms with van der Waals surface area (Å²) in [6.07, 6.45) is 0.705. The summed E-state index contributed by atoms with van der Waals surface area (Å²) in [5.74, 6) is 1.36. The molecule has 0 bridgehead atoms. The summed E-state index contributed by atoms with van der Waals surface area (Å²) < 4.78 is 11.0. The number of ether oxygens (including phenoxy) is 2. The quantitative estimate of drug-likeness (QED) is 0.767. The van der Waals surface area contributed by atoms with E-state index in [9.17, 15) is 4.79 Å². The number of carbonyl (C=O) groups is 1. The molecule has 0 heterocycles. The van der Waals surface area contributed by atoms with E-state index in [0.717, 1.165) is 6.42 Å². The third kappa shape index (κ3) is 6.12. The lowest BCUT2D eigenvalue weighted by atomic mass is 9.99. The highest BCUT2D eigenvalue weighted by Crippen LogP contribution is 2.26. The van der Waals surface area contributed by atoms with Crippen LogP contribution >= 0.6 is 12.4 Å². The van der Waals surface area contributed by atoms with Crippen molar-refractivity contribution >= 4 is 18.3 Å². The van der Waals surface area contributed by atoms with E-state index < -0.39 is 6.04 Å². The predicted octanol–water partition coefficient (Wildman–Crippen LogP) is 2.37. The molecule has 1 amide bonds. The number of halogens is 1. The van der Waals surface area contributed by atoms with Gasteiger partial charge in [0.2, 0.25) is 5.91 Å². The Morgan fingerprint density at radius 3 is 2.41 bits per heavy atom. The molecule has 0 saturated heterocycles. The average Bonchev–Trinajstić information content (AvgIpc) is 2.51. The minimum atomic E-state index is -0.478. The molecular weight excluding hydrogens is 304 g/mol. The summed E-state index contributed by atoms with van der Waals surface area (Å²) in [6, 6.07) is 6.95. The summed E-state index contributed by atoms with van der Waals surface area (Å²) in [6.45, 7) is 6.28. The summed E-state index contributed by atoms with van der Waals surface area (Å²) >= 11 is 0. The smallest absolute Gasteiger partial charge is 0.237 e. The van der Waals surface area contributed by atoms with Crippen LogP contribution in [-0.4, -0.2) is 31.7 Å². The molecule has 0 spiro atoms. The lowest BCUT2D eigenvalue weighted by molar-refractivity contribution is -0.123. The zero-order valence-corrected chi connectivity index (χ0v) is 14.5. The number of para-hydroxylation sites is 2. The second kappa shape index (κ2) is 10.3. The molecule has 3 unspecified atom stereocenters. The van der Waals surface area contributed by atoms with Crippen LogP contribution in [-0.2, 0) is 4.79 Å². The van der Waals surface area contributed by atoms with Gasteiger partial charge in [-0.05, 0) is 25.0 Å². The average molecular weight is 331 g/mol. The maximum atomic E-state index is 11.9. The second-order valence-electron chi connectivity index (χ2n) is 5.24. The van der Waals surface area contributed by atoms with Gasteiger partial charge in [-0.15, -0.1) is 12.4 Å². The van der Waals surface area contributed by atoms with Crippen LogP contribution in [0, 0.1) is 5.92 Å². The van der Waals surface area contributed by atoms with Gasteiger partial charge in [0.15, 0.2) is 11.5 Å². The zero-order valence-electron chi connectivity index (χ0n) is 13.7. The number of nitrogens with one attached hydrogen (secondary N) is 1. The SMILES string of the molecule is CCC(C)C(N)C(=O)NCC(C)Oc1ccccc1OC.Cl. The van der Waals surface area contributed by atoms with E-state index in [1.165, 1.54) is 0 Å². The summed E-state index contributed by atoms with van der Waals surface area (Å²) in [5, 5.41) is 2.83. The monoisotopic (exact) mass is 330 g/mol. The first-order valence-electron chi connectivity index (χ1n) is 7.32. The number of rotatable bonds is 8. The Balaban J connectivity index is 0.00000441. The molecule has 0 aliphatic heterocycles. The van der Waals surface area contributed by atoms with Crippen LogP contribution in [0.4, 0.5) is 0 Å². The molecule has 0 aromatic heterocycles. The second-order valence-corrected chi connectivity index (χ2v) is 5.24. The minimum Gasteiger partial charge on any atom is -0.493 e. The van der Waals surface area contributed by atoms with Crippen molar-refractivity contribution in [2.24, 2.45) is 11.7 Å². The Morgan fingerprint density at radius 1 is 1.27 bits per heavy atom. The summed E-state index contributed by atoms with van der Waals surface area (Å²) in [4.78, 5) is 11.9. The summed E-state index contributed by atoms with van der Waals surface area (Å²) in [7, 11) is 1.60. The van der Waals surface area contributed by atoms with Crippen molar-refractivity contribution in [2.75, 3.05) is 13.7 Å². The maximum absolute atomic E-state index is 11.9. The molecule has 0 aliphatic carbocycles. The normalized spacial score (nSPS) is 14.2. The predicted molar refractivity (Wildman–Crippen MR) is 90.8 cm³/mol. The Labute approximate surface area is 139 Å². The highest BCUT2D eigenvalue weighted by molar-refractivity contribution is 5.85. The van der Waals surface area contributed by atoms with Gasteiger partial charge in [0.25, 0.3) is 0 Å². The molecule has 22 heavy (non-hydrogen) atoms. The first-order valence-corrected chi connectivity index (χ1v) is 7.32. The highest BCUT2D eigenvalue weighted by Gasteiger charge is 2.20. The lowest BCUT2D eigenvalue weighted by Crippen LogP contribution is -2.47. The van der Waals surface area contributed by atoms with Crippen molar-refractivity contribution in [1.29, 1.82) is 0 Å². The third-order valence-corrected chi connectivity index (χ3v) is 3.52. The van der Waals surface area contributed by atoms with E-state index in [1.54, 1.807) is 7.11 Å². The van der Waals surface area contributed by atoms with Gasteiger partial charge in [0.05, 0.1) is 19.7 Å². The van der Waals surface area contributed by atoms with Crippen LogP contribution in [0.15, 0.2) is 24.3 Å². The molecule has 0 fully saturated rings. The zero-order chi connectivity index (χ0) is 15.8. The topological polar surface area (TPSA) is 73.6 Å². The summed E-state index contributed by atoms with van der Waals surface area (Å²) in [5.41, 5.74) is 5.88. The van der Waals surface area contributed by atoms with Crippen molar-refractivity contribution in [1.82, 2.24) is 5.32 Å². The first-order chi connectivity index (χ1) is 9.99. The van der Waals surface area contributed by atoms with Gasteiger partial charge < -0.3 is 20.5 Å². The molecule has 5 nitrogen and oxygen atoms in total. The molecule has 6 heteroatoms. The molecule has 0 aliphatic rings. The van der Waals surface area contributed by atoms with Gasteiger partial charge in [-0.25, -0.2) is 0 Å². The van der Waals surface area contributed by atoms with Gasteiger partial charge in [-0.2, -0.15) is 0 Å². The van der Waals surface area contributed by atoms with Gasteiger partial charge in [-0.1, -0.05) is 32.4 Å². The van der Waals surface area contributed by atoms with Gasteiger partial charge in [0.1, 0.15) is 6.10 Å². The maximum Gasteiger partial charge on any atom is 0.237 e. The number of amides is 1. The van der Waals surface area contributed by atoms with Crippen LogP contribution < -0.4 is 20.5 Å². The fourth-order valence-corrected chi connectivity index (χ4v) is 1.85. The van der Waals surface area contributed by atoms with Gasteiger partial charge >= 0.3 is 0 Å². The molecular formula is C16H27ClN2O3. The fourth-order valence-electron chi connectivity index (χ4n) is 1.85. The molecule has 0 saturated carbocycles. The van der Waals surface area contributed by atoms with Crippen molar-refractivity contribution in [2.45, 2.75) is 39.3 Å². The molecule has 3 atom stereocenters. The lowest BCUT2D eigenvalue weighted by Gasteiger charge is -2.20. The molecule has 3 N–H and O–H groups in total. The third-order valence-electron chi connectivity index (χ3n) is 3.52. The number of hydrogen-bond donors (Lipinski definition) is 2. The molecule has 126 valence electrons.